The van der Waals surface area contributed by atoms with Gasteiger partial charge in [-0.15, -0.1) is 0 Å². The van der Waals surface area contributed by atoms with E-state index in [1.165, 1.54) is 11.8 Å². The van der Waals surface area contributed by atoms with E-state index in [0.717, 1.165) is 33.6 Å². The van der Waals surface area contributed by atoms with Gasteiger partial charge < -0.3 is 4.42 Å². The molecule has 1 amide bonds. The van der Waals surface area contributed by atoms with E-state index in [0.29, 0.717) is 21.5 Å². The largest absolute Gasteiger partial charge is 0.467 e. The molecule has 0 radical (unpaired) electrons. The van der Waals surface area contributed by atoms with Crippen LogP contribution in [0.1, 0.15) is 22.5 Å². The number of hydrogen-bond acceptors (Lipinski definition) is 5. The summed E-state index contributed by atoms with van der Waals surface area (Å²) in [6.07, 6.45) is 5.45. The molecule has 1 aliphatic heterocycles. The van der Waals surface area contributed by atoms with Crippen molar-refractivity contribution >= 4 is 40.3 Å². The Hall–Kier alpha value is -3.42. The van der Waals surface area contributed by atoms with Crippen LogP contribution in [0.2, 0.25) is 0 Å². The third-order valence-electron chi connectivity index (χ3n) is 5.47. The van der Waals surface area contributed by atoms with Crippen LogP contribution in [0.3, 0.4) is 0 Å². The number of amides is 1. The highest BCUT2D eigenvalue weighted by molar-refractivity contribution is 8.26. The highest BCUT2D eigenvalue weighted by Gasteiger charge is 2.33. The number of benzene rings is 2. The van der Waals surface area contributed by atoms with E-state index in [1.807, 2.05) is 53.4 Å². The quantitative estimate of drug-likeness (QED) is 0.258. The normalized spacial score (nSPS) is 15.1. The molecule has 5 nitrogen and oxygen atoms in total. The summed E-state index contributed by atoms with van der Waals surface area (Å²) in [4.78, 5) is 15.3. The zero-order valence-corrected chi connectivity index (χ0v) is 19.8. The summed E-state index contributed by atoms with van der Waals surface area (Å²) in [5.74, 6) is 0.571. The Morgan fingerprint density at radius 2 is 1.91 bits per heavy atom. The smallest absolute Gasteiger partial charge is 0.266 e. The van der Waals surface area contributed by atoms with Crippen LogP contribution in [0, 0.1) is 13.8 Å². The molecule has 0 unspecified atom stereocenters. The fraction of sp³-hybridized carbons (Fsp3) is 0.115. The minimum Gasteiger partial charge on any atom is -0.467 e. The van der Waals surface area contributed by atoms with Crippen molar-refractivity contribution in [2.75, 3.05) is 0 Å². The number of aryl methyl sites for hydroxylation is 2. The molecule has 4 aromatic rings. The predicted octanol–water partition coefficient (Wildman–Crippen LogP) is 6.15. The summed E-state index contributed by atoms with van der Waals surface area (Å²) < 4.78 is 7.78. The Labute approximate surface area is 201 Å². The molecule has 1 saturated heterocycles. The standard InChI is InChI=1S/C26H21N3O2S2/c1-17-10-11-18(2)22(13-17)24-19(15-29(27-24)20-7-4-3-5-8-20)14-23-25(30)28(26(32)33-23)16-21-9-6-12-31-21/h3-15H,16H2,1-2H3. The minimum absolute atomic E-state index is 0.124. The second-order valence-electron chi connectivity index (χ2n) is 7.88. The topological polar surface area (TPSA) is 51.3 Å². The highest BCUT2D eigenvalue weighted by Crippen LogP contribution is 2.36. The number of rotatable bonds is 5. The van der Waals surface area contributed by atoms with Crippen LogP contribution in [0.4, 0.5) is 0 Å². The Morgan fingerprint density at radius 1 is 1.09 bits per heavy atom. The summed E-state index contributed by atoms with van der Waals surface area (Å²) in [6, 6.07) is 19.9. The second-order valence-corrected chi connectivity index (χ2v) is 9.55. The van der Waals surface area contributed by atoms with Crippen LogP contribution in [0.5, 0.6) is 0 Å². The lowest BCUT2D eigenvalue weighted by Gasteiger charge is -2.12. The van der Waals surface area contributed by atoms with Gasteiger partial charge in [0.2, 0.25) is 0 Å². The Kier molecular flexibility index (Phi) is 5.74. The molecule has 0 bridgehead atoms. The molecule has 7 heteroatoms. The van der Waals surface area contributed by atoms with Crippen LogP contribution in [0.15, 0.2) is 82.4 Å². The van der Waals surface area contributed by atoms with Crippen LogP contribution in [0.25, 0.3) is 23.0 Å². The number of thioether (sulfide) groups is 1. The van der Waals surface area contributed by atoms with E-state index in [2.05, 4.69) is 32.0 Å². The minimum atomic E-state index is -0.124. The lowest BCUT2D eigenvalue weighted by molar-refractivity contribution is -0.122. The molecule has 1 aliphatic rings. The number of carbonyl (C=O) groups is 1. The number of para-hydroxylation sites is 1. The summed E-state index contributed by atoms with van der Waals surface area (Å²) in [5.41, 5.74) is 5.97. The first kappa shape index (κ1) is 21.4. The van der Waals surface area contributed by atoms with Gasteiger partial charge in [0.25, 0.3) is 5.91 Å². The van der Waals surface area contributed by atoms with Crippen LogP contribution < -0.4 is 0 Å². The predicted molar refractivity (Wildman–Crippen MR) is 136 cm³/mol. The van der Waals surface area contributed by atoms with Crippen molar-refractivity contribution in [3.8, 4) is 16.9 Å². The summed E-state index contributed by atoms with van der Waals surface area (Å²) in [7, 11) is 0. The zero-order chi connectivity index (χ0) is 22.9. The van der Waals surface area contributed by atoms with E-state index in [-0.39, 0.29) is 5.91 Å². The van der Waals surface area contributed by atoms with Crippen molar-refractivity contribution in [3.05, 3.63) is 100 Å². The van der Waals surface area contributed by atoms with Crippen molar-refractivity contribution < 1.29 is 9.21 Å². The van der Waals surface area contributed by atoms with Gasteiger partial charge >= 0.3 is 0 Å². The van der Waals surface area contributed by atoms with Gasteiger partial charge in [-0.25, -0.2) is 4.68 Å². The van der Waals surface area contributed by atoms with Crippen molar-refractivity contribution in [1.29, 1.82) is 0 Å². The number of hydrogen-bond donors (Lipinski definition) is 0. The van der Waals surface area contributed by atoms with E-state index in [9.17, 15) is 4.79 Å². The fourth-order valence-corrected chi connectivity index (χ4v) is 4.99. The van der Waals surface area contributed by atoms with Gasteiger partial charge in [-0.2, -0.15) is 5.10 Å². The van der Waals surface area contributed by atoms with Gasteiger partial charge in [0.1, 0.15) is 15.8 Å². The fourth-order valence-electron chi connectivity index (χ4n) is 3.74. The summed E-state index contributed by atoms with van der Waals surface area (Å²) >= 11 is 6.80. The molecule has 0 spiro atoms. The van der Waals surface area contributed by atoms with E-state index in [1.54, 1.807) is 17.2 Å². The van der Waals surface area contributed by atoms with E-state index in [4.69, 9.17) is 21.7 Å². The first-order valence-electron chi connectivity index (χ1n) is 10.5. The van der Waals surface area contributed by atoms with Crippen LogP contribution >= 0.6 is 24.0 Å². The van der Waals surface area contributed by atoms with Crippen LogP contribution in [-0.2, 0) is 11.3 Å². The maximum absolute atomic E-state index is 13.2. The lowest BCUT2D eigenvalue weighted by atomic mass is 10.0. The van der Waals surface area contributed by atoms with Gasteiger partial charge in [0, 0.05) is 17.3 Å². The van der Waals surface area contributed by atoms with Gasteiger partial charge in [-0.1, -0.05) is 59.9 Å². The molecule has 3 heterocycles. The third-order valence-corrected chi connectivity index (χ3v) is 6.84. The maximum Gasteiger partial charge on any atom is 0.266 e. The lowest BCUT2D eigenvalue weighted by Crippen LogP contribution is -2.27. The summed E-state index contributed by atoms with van der Waals surface area (Å²) in [6.45, 7) is 4.46. The molecule has 0 N–H and O–H groups in total. The van der Waals surface area contributed by atoms with Gasteiger partial charge in [-0.3, -0.25) is 9.69 Å². The molecule has 1 fully saturated rings. The van der Waals surface area contributed by atoms with Crippen molar-refractivity contribution in [2.24, 2.45) is 0 Å². The Balaban J connectivity index is 1.58. The van der Waals surface area contributed by atoms with E-state index < -0.39 is 0 Å². The SMILES string of the molecule is Cc1ccc(C)c(-c2nn(-c3ccccc3)cc2C=C2SC(=S)N(Cc3ccco3)C2=O)c1. The number of aromatic nitrogens is 2. The zero-order valence-electron chi connectivity index (χ0n) is 18.2. The first-order valence-corrected chi connectivity index (χ1v) is 11.7. The monoisotopic (exact) mass is 471 g/mol. The van der Waals surface area contributed by atoms with Crippen molar-refractivity contribution in [3.63, 3.8) is 0 Å². The average Bonchev–Trinajstić information content (AvgIpc) is 3.54. The number of furan rings is 1. The summed E-state index contributed by atoms with van der Waals surface area (Å²) in [5, 5.41) is 4.91. The molecule has 33 heavy (non-hydrogen) atoms. The number of thiocarbonyl (C=S) groups is 1. The molecule has 0 aliphatic carbocycles. The molecule has 2 aromatic carbocycles. The molecule has 2 aromatic heterocycles. The molecular formula is C26H21N3O2S2. The number of nitrogens with zero attached hydrogens (tertiary/aromatic N) is 3. The number of carbonyl (C=O) groups excluding carboxylic acids is 1. The molecule has 0 atom stereocenters. The first-order chi connectivity index (χ1) is 16.0. The second kappa shape index (κ2) is 8.84. The van der Waals surface area contributed by atoms with Crippen molar-refractivity contribution in [1.82, 2.24) is 14.7 Å². The van der Waals surface area contributed by atoms with Crippen LogP contribution in [-0.4, -0.2) is 24.9 Å². The third kappa shape index (κ3) is 4.29. The Morgan fingerprint density at radius 3 is 2.67 bits per heavy atom. The molecule has 5 rings (SSSR count). The average molecular weight is 472 g/mol. The molecular weight excluding hydrogens is 450 g/mol. The van der Waals surface area contributed by atoms with Gasteiger partial charge in [0.05, 0.1) is 23.4 Å². The Bertz CT molecular complexity index is 1370. The highest BCUT2D eigenvalue weighted by atomic mass is 32.2. The maximum atomic E-state index is 13.2. The molecule has 0 saturated carbocycles. The molecule has 164 valence electrons. The van der Waals surface area contributed by atoms with Crippen molar-refractivity contribution in [2.45, 2.75) is 20.4 Å². The van der Waals surface area contributed by atoms with Gasteiger partial charge in [-0.05, 0) is 55.8 Å². The van der Waals surface area contributed by atoms with Gasteiger partial charge in [0.15, 0.2) is 0 Å². The van der Waals surface area contributed by atoms with E-state index >= 15 is 0 Å².